The maximum atomic E-state index is 11.5. The van der Waals surface area contributed by atoms with Gasteiger partial charge in [0.1, 0.15) is 5.78 Å². The fourth-order valence-electron chi connectivity index (χ4n) is 2.21. The van der Waals surface area contributed by atoms with Crippen LogP contribution in [0.1, 0.15) is 19.4 Å². The zero-order valence-electron chi connectivity index (χ0n) is 10.9. The lowest BCUT2D eigenvalue weighted by molar-refractivity contribution is -0.118. The van der Waals surface area contributed by atoms with Crippen molar-refractivity contribution in [3.05, 3.63) is 48.0 Å². The maximum absolute atomic E-state index is 11.5. The van der Waals surface area contributed by atoms with Crippen molar-refractivity contribution in [2.45, 2.75) is 26.3 Å². The molecule has 0 aliphatic rings. The van der Waals surface area contributed by atoms with Crippen molar-refractivity contribution in [1.29, 1.82) is 0 Å². The van der Waals surface area contributed by atoms with Crippen molar-refractivity contribution in [3.63, 3.8) is 0 Å². The van der Waals surface area contributed by atoms with Crippen LogP contribution in [0.5, 0.6) is 0 Å². The average Bonchev–Trinajstić information content (AvgIpc) is 2.38. The standard InChI is InChI=1S/C16H19NO/c1-3-17-16(12(2)18)11-13-8-9-14-6-4-5-7-15(14)10-13/h4-10,16-17H,3,11H2,1-2H3. The number of likely N-dealkylation sites (N-methyl/N-ethyl adjacent to an activating group) is 1. The lowest BCUT2D eigenvalue weighted by Crippen LogP contribution is -2.37. The molecular weight excluding hydrogens is 222 g/mol. The Morgan fingerprint density at radius 2 is 1.89 bits per heavy atom. The molecular formula is C16H19NO. The van der Waals surface area contributed by atoms with Crippen molar-refractivity contribution < 1.29 is 4.79 Å². The van der Waals surface area contributed by atoms with Crippen molar-refractivity contribution in [1.82, 2.24) is 5.32 Å². The summed E-state index contributed by atoms with van der Waals surface area (Å²) in [5, 5.41) is 5.70. The fourth-order valence-corrected chi connectivity index (χ4v) is 2.21. The molecule has 0 radical (unpaired) electrons. The number of Topliss-reactive ketones (excluding diaryl/α,β-unsaturated/α-hetero) is 1. The topological polar surface area (TPSA) is 29.1 Å². The van der Waals surface area contributed by atoms with Crippen molar-refractivity contribution in [3.8, 4) is 0 Å². The fraction of sp³-hybridized carbons (Fsp3) is 0.312. The highest BCUT2D eigenvalue weighted by atomic mass is 16.1. The van der Waals surface area contributed by atoms with Crippen molar-refractivity contribution in [2.24, 2.45) is 0 Å². The summed E-state index contributed by atoms with van der Waals surface area (Å²) in [6, 6.07) is 14.6. The van der Waals surface area contributed by atoms with E-state index in [4.69, 9.17) is 0 Å². The Kier molecular flexibility index (Phi) is 4.11. The molecule has 0 aliphatic heterocycles. The van der Waals surface area contributed by atoms with E-state index in [0.717, 1.165) is 13.0 Å². The van der Waals surface area contributed by atoms with Crippen LogP contribution in [0.15, 0.2) is 42.5 Å². The lowest BCUT2D eigenvalue weighted by atomic mass is 10.00. The number of hydrogen-bond acceptors (Lipinski definition) is 2. The first-order valence-electron chi connectivity index (χ1n) is 6.42. The highest BCUT2D eigenvalue weighted by molar-refractivity contribution is 5.84. The third-order valence-corrected chi connectivity index (χ3v) is 3.19. The molecule has 2 rings (SSSR count). The van der Waals surface area contributed by atoms with Crippen LogP contribution in [0.4, 0.5) is 0 Å². The Balaban J connectivity index is 2.22. The van der Waals surface area contributed by atoms with E-state index in [0.29, 0.717) is 0 Å². The van der Waals surface area contributed by atoms with Crippen molar-refractivity contribution >= 4 is 16.6 Å². The zero-order valence-corrected chi connectivity index (χ0v) is 10.9. The lowest BCUT2D eigenvalue weighted by Gasteiger charge is -2.15. The number of rotatable bonds is 5. The third-order valence-electron chi connectivity index (χ3n) is 3.19. The SMILES string of the molecule is CCNC(Cc1ccc2ccccc2c1)C(C)=O. The number of benzene rings is 2. The van der Waals surface area contributed by atoms with Crippen molar-refractivity contribution in [2.75, 3.05) is 6.54 Å². The van der Waals surface area contributed by atoms with E-state index >= 15 is 0 Å². The molecule has 1 unspecified atom stereocenters. The van der Waals surface area contributed by atoms with Crippen LogP contribution in [-0.4, -0.2) is 18.4 Å². The van der Waals surface area contributed by atoms with Gasteiger partial charge in [-0.25, -0.2) is 0 Å². The predicted octanol–water partition coefficient (Wildman–Crippen LogP) is 2.95. The van der Waals surface area contributed by atoms with Gasteiger partial charge in [0.2, 0.25) is 0 Å². The minimum Gasteiger partial charge on any atom is -0.307 e. The Morgan fingerprint density at radius 3 is 2.56 bits per heavy atom. The third kappa shape index (κ3) is 2.96. The van der Waals surface area contributed by atoms with Crippen LogP contribution in [0.2, 0.25) is 0 Å². The predicted molar refractivity (Wildman–Crippen MR) is 75.8 cm³/mol. The molecule has 2 heteroatoms. The molecule has 1 N–H and O–H groups in total. The maximum Gasteiger partial charge on any atom is 0.147 e. The smallest absolute Gasteiger partial charge is 0.147 e. The van der Waals surface area contributed by atoms with E-state index in [9.17, 15) is 4.79 Å². The second kappa shape index (κ2) is 5.78. The molecule has 94 valence electrons. The Labute approximate surface area is 108 Å². The molecule has 0 fully saturated rings. The molecule has 0 spiro atoms. The van der Waals surface area contributed by atoms with E-state index < -0.39 is 0 Å². The molecule has 1 atom stereocenters. The number of nitrogens with one attached hydrogen (secondary N) is 1. The number of ketones is 1. The monoisotopic (exact) mass is 241 g/mol. The molecule has 2 nitrogen and oxygen atoms in total. The van der Waals surface area contributed by atoms with Gasteiger partial charge in [0.15, 0.2) is 0 Å². The summed E-state index contributed by atoms with van der Waals surface area (Å²) >= 11 is 0. The van der Waals surface area contributed by atoms with Gasteiger partial charge in [-0.2, -0.15) is 0 Å². The zero-order chi connectivity index (χ0) is 13.0. The second-order valence-electron chi connectivity index (χ2n) is 4.61. The normalized spacial score (nSPS) is 12.6. The number of hydrogen-bond donors (Lipinski definition) is 1. The van der Waals surface area contributed by atoms with Crippen LogP contribution in [-0.2, 0) is 11.2 Å². The number of carbonyl (C=O) groups excluding carboxylic acids is 1. The summed E-state index contributed by atoms with van der Waals surface area (Å²) in [5.41, 5.74) is 1.20. The number of carbonyl (C=O) groups is 1. The Hall–Kier alpha value is -1.67. The highest BCUT2D eigenvalue weighted by Gasteiger charge is 2.13. The minimum atomic E-state index is -0.0730. The first-order chi connectivity index (χ1) is 8.70. The van der Waals surface area contributed by atoms with Crippen LogP contribution in [0.25, 0.3) is 10.8 Å². The van der Waals surface area contributed by atoms with Gasteiger partial charge in [-0.3, -0.25) is 4.79 Å². The summed E-state index contributed by atoms with van der Waals surface area (Å²) in [7, 11) is 0. The first-order valence-corrected chi connectivity index (χ1v) is 6.42. The van der Waals surface area contributed by atoms with Gasteiger partial charge >= 0.3 is 0 Å². The molecule has 0 aliphatic carbocycles. The Bertz CT molecular complexity index is 548. The van der Waals surface area contributed by atoms with Crippen LogP contribution < -0.4 is 5.32 Å². The molecule has 18 heavy (non-hydrogen) atoms. The summed E-state index contributed by atoms with van der Waals surface area (Å²) in [4.78, 5) is 11.5. The quantitative estimate of drug-likeness (QED) is 0.872. The molecule has 0 saturated carbocycles. The van der Waals surface area contributed by atoms with Gasteiger partial charge in [0.25, 0.3) is 0 Å². The molecule has 0 amide bonds. The van der Waals surface area contributed by atoms with Crippen LogP contribution in [0.3, 0.4) is 0 Å². The van der Waals surface area contributed by atoms with E-state index in [-0.39, 0.29) is 11.8 Å². The van der Waals surface area contributed by atoms with E-state index in [1.807, 2.05) is 19.1 Å². The van der Waals surface area contributed by atoms with Gasteiger partial charge in [-0.05, 0) is 36.2 Å². The molecule has 0 aromatic heterocycles. The summed E-state index contributed by atoms with van der Waals surface area (Å²) in [6.45, 7) is 4.49. The van der Waals surface area contributed by atoms with Crippen LogP contribution in [0, 0.1) is 0 Å². The summed E-state index contributed by atoms with van der Waals surface area (Å²) in [6.07, 6.45) is 0.758. The average molecular weight is 241 g/mol. The summed E-state index contributed by atoms with van der Waals surface area (Å²) < 4.78 is 0. The van der Waals surface area contributed by atoms with Gasteiger partial charge in [0.05, 0.1) is 6.04 Å². The summed E-state index contributed by atoms with van der Waals surface area (Å²) in [5.74, 6) is 0.199. The molecule has 2 aromatic carbocycles. The first kappa shape index (κ1) is 12.8. The van der Waals surface area contributed by atoms with E-state index in [2.05, 4.69) is 35.6 Å². The van der Waals surface area contributed by atoms with Gasteiger partial charge in [-0.1, -0.05) is 49.4 Å². The minimum absolute atomic E-state index is 0.0730. The van der Waals surface area contributed by atoms with Gasteiger partial charge in [0, 0.05) is 0 Å². The number of fused-ring (bicyclic) bond motifs is 1. The highest BCUT2D eigenvalue weighted by Crippen LogP contribution is 2.16. The van der Waals surface area contributed by atoms with Gasteiger partial charge in [-0.15, -0.1) is 0 Å². The van der Waals surface area contributed by atoms with Crippen LogP contribution >= 0.6 is 0 Å². The molecule has 0 heterocycles. The Morgan fingerprint density at radius 1 is 1.17 bits per heavy atom. The van der Waals surface area contributed by atoms with E-state index in [1.54, 1.807) is 6.92 Å². The largest absolute Gasteiger partial charge is 0.307 e. The molecule has 0 bridgehead atoms. The second-order valence-corrected chi connectivity index (χ2v) is 4.61. The van der Waals surface area contributed by atoms with E-state index in [1.165, 1.54) is 16.3 Å². The van der Waals surface area contributed by atoms with Gasteiger partial charge < -0.3 is 5.32 Å². The molecule has 2 aromatic rings. The molecule has 0 saturated heterocycles.